The van der Waals surface area contributed by atoms with Crippen LogP contribution in [-0.2, 0) is 0 Å². The highest BCUT2D eigenvalue weighted by molar-refractivity contribution is 6.28. The maximum atomic E-state index is 2.48. The molecule has 0 aliphatic rings. The van der Waals surface area contributed by atoms with Crippen molar-refractivity contribution in [1.82, 2.24) is 0 Å². The summed E-state index contributed by atoms with van der Waals surface area (Å²) in [4.78, 5) is 0. The molecule has 0 saturated heterocycles. The van der Waals surface area contributed by atoms with E-state index < -0.39 is 0 Å². The Labute approximate surface area is 405 Å². The summed E-state index contributed by atoms with van der Waals surface area (Å²) in [5, 5.41) is 20.4. The SMILES string of the molecule is c1ccc(-c2ccc3cc(-c4cc(-c5ccc6ccc7cccc8ccc5c6c78)c5cccc(-c6ccccc6-c6ccccc6)c5c4)cc(-c4ccc5ccc6cccc7ccc4c5c67)c3c2)cc1. The first kappa shape index (κ1) is 38.9. The van der Waals surface area contributed by atoms with Gasteiger partial charge in [0, 0.05) is 0 Å². The van der Waals surface area contributed by atoms with E-state index in [1.54, 1.807) is 0 Å². The molecule has 0 nitrogen and oxygen atoms in total. The first-order chi connectivity index (χ1) is 34.7. The molecule has 0 aliphatic carbocycles. The fourth-order valence-electron chi connectivity index (χ4n) is 12.1. The van der Waals surface area contributed by atoms with Crippen molar-refractivity contribution in [2.75, 3.05) is 0 Å². The van der Waals surface area contributed by atoms with Gasteiger partial charge in [-0.3, -0.25) is 0 Å². The maximum absolute atomic E-state index is 2.48. The third-order valence-electron chi connectivity index (χ3n) is 15.3. The van der Waals surface area contributed by atoms with E-state index in [1.165, 1.54) is 153 Å². The molecule has 0 unspecified atom stereocenters. The van der Waals surface area contributed by atoms with E-state index in [2.05, 4.69) is 255 Å². The third kappa shape index (κ3) is 5.90. The van der Waals surface area contributed by atoms with Gasteiger partial charge in [-0.15, -0.1) is 0 Å². The number of fused-ring (bicyclic) bond motifs is 2. The molecule has 15 aromatic rings. The van der Waals surface area contributed by atoms with Crippen LogP contribution in [0.4, 0.5) is 0 Å². The molecule has 322 valence electrons. The minimum atomic E-state index is 1.19. The lowest BCUT2D eigenvalue weighted by Crippen LogP contribution is -1.93. The second-order valence-corrected chi connectivity index (χ2v) is 19.1. The van der Waals surface area contributed by atoms with Gasteiger partial charge in [0.05, 0.1) is 0 Å². The Morgan fingerprint density at radius 3 is 1.19 bits per heavy atom. The van der Waals surface area contributed by atoms with Crippen molar-refractivity contribution < 1.29 is 0 Å². The summed E-state index contributed by atoms with van der Waals surface area (Å²) in [7, 11) is 0. The summed E-state index contributed by atoms with van der Waals surface area (Å²) in [5.41, 5.74) is 14.6. The fraction of sp³-hybridized carbons (Fsp3) is 0. The van der Waals surface area contributed by atoms with Gasteiger partial charge in [0.2, 0.25) is 0 Å². The highest BCUT2D eigenvalue weighted by Gasteiger charge is 2.21. The Morgan fingerprint density at radius 1 is 0.143 bits per heavy atom. The van der Waals surface area contributed by atoms with Crippen LogP contribution in [0, 0.1) is 0 Å². The molecule has 0 spiro atoms. The van der Waals surface area contributed by atoms with Crippen LogP contribution in [0.5, 0.6) is 0 Å². The Hall–Kier alpha value is -9.10. The van der Waals surface area contributed by atoms with Crippen LogP contribution in [0.25, 0.3) is 153 Å². The minimum Gasteiger partial charge on any atom is -0.0622 e. The Kier molecular flexibility index (Phi) is 8.46. The summed E-state index contributed by atoms with van der Waals surface area (Å²) in [6.45, 7) is 0. The van der Waals surface area contributed by atoms with E-state index in [9.17, 15) is 0 Å². The Balaban J connectivity index is 1.05. The van der Waals surface area contributed by atoms with Crippen molar-refractivity contribution in [3.63, 3.8) is 0 Å². The van der Waals surface area contributed by atoms with E-state index >= 15 is 0 Å². The van der Waals surface area contributed by atoms with Crippen LogP contribution < -0.4 is 0 Å². The van der Waals surface area contributed by atoms with E-state index in [0.29, 0.717) is 0 Å². The maximum Gasteiger partial charge on any atom is -0.00206 e. The molecule has 0 radical (unpaired) electrons. The average Bonchev–Trinajstić information content (AvgIpc) is 3.43. The van der Waals surface area contributed by atoms with Crippen LogP contribution in [-0.4, -0.2) is 0 Å². The summed E-state index contributed by atoms with van der Waals surface area (Å²) in [6.07, 6.45) is 0. The molecule has 0 aromatic heterocycles. The fourth-order valence-corrected chi connectivity index (χ4v) is 12.1. The number of rotatable bonds is 6. The zero-order chi connectivity index (χ0) is 45.9. The third-order valence-corrected chi connectivity index (χ3v) is 15.3. The number of hydrogen-bond acceptors (Lipinski definition) is 0. The first-order valence-corrected chi connectivity index (χ1v) is 24.4. The lowest BCUT2D eigenvalue weighted by Gasteiger charge is -2.20. The highest BCUT2D eigenvalue weighted by atomic mass is 14.2. The van der Waals surface area contributed by atoms with Crippen molar-refractivity contribution in [3.8, 4) is 66.8 Å². The van der Waals surface area contributed by atoms with E-state index in [-0.39, 0.29) is 0 Å². The van der Waals surface area contributed by atoms with Gasteiger partial charge < -0.3 is 0 Å². The lowest BCUT2D eigenvalue weighted by molar-refractivity contribution is 1.59. The molecule has 0 heteroatoms. The van der Waals surface area contributed by atoms with Crippen molar-refractivity contribution >= 4 is 86.2 Å². The van der Waals surface area contributed by atoms with E-state index in [4.69, 9.17) is 0 Å². The largest absolute Gasteiger partial charge is 0.0622 e. The number of hydrogen-bond donors (Lipinski definition) is 0. The molecule has 0 N–H and O–H groups in total. The molecular formula is C70H42. The minimum absolute atomic E-state index is 1.19. The van der Waals surface area contributed by atoms with Crippen LogP contribution in [0.1, 0.15) is 0 Å². The van der Waals surface area contributed by atoms with Crippen LogP contribution in [0.3, 0.4) is 0 Å². The first-order valence-electron chi connectivity index (χ1n) is 24.4. The predicted molar refractivity (Wildman–Crippen MR) is 301 cm³/mol. The van der Waals surface area contributed by atoms with Crippen LogP contribution in [0.2, 0.25) is 0 Å². The number of benzene rings is 15. The smallest absolute Gasteiger partial charge is 0.00206 e. The standard InChI is InChI=1S/C70H42/c1-3-12-43(13-4-1)51-28-29-52-38-53(40-66(63(52)39-51)60-35-31-50-27-25-46-17-10-19-48-33-37-62(60)70(50)68(46)48)54-41-64-57(56-21-8-7-20-55(56)44-14-5-2-6-15-44)22-11-23-58(64)65(42-54)59-34-30-49-26-24-45-16-9-18-47-32-36-61(59)69(49)67(45)47/h1-42H. The van der Waals surface area contributed by atoms with Gasteiger partial charge in [0.25, 0.3) is 0 Å². The quantitative estimate of drug-likeness (QED) is 0.146. The molecule has 0 saturated carbocycles. The van der Waals surface area contributed by atoms with Gasteiger partial charge in [0.15, 0.2) is 0 Å². The molecule has 0 heterocycles. The lowest BCUT2D eigenvalue weighted by atomic mass is 9.83. The summed E-state index contributed by atoms with van der Waals surface area (Å²) in [6, 6.07) is 95.6. The summed E-state index contributed by atoms with van der Waals surface area (Å²) < 4.78 is 0. The molecule has 0 amide bonds. The molecule has 0 atom stereocenters. The van der Waals surface area contributed by atoms with Crippen molar-refractivity contribution in [2.24, 2.45) is 0 Å². The monoisotopic (exact) mass is 882 g/mol. The Bertz CT molecular complexity index is 4530. The summed E-state index contributed by atoms with van der Waals surface area (Å²) >= 11 is 0. The molecule has 15 rings (SSSR count). The molecule has 0 bridgehead atoms. The van der Waals surface area contributed by atoms with E-state index in [1.807, 2.05) is 0 Å². The van der Waals surface area contributed by atoms with Crippen molar-refractivity contribution in [1.29, 1.82) is 0 Å². The molecule has 0 fully saturated rings. The second-order valence-electron chi connectivity index (χ2n) is 19.1. The predicted octanol–water partition coefficient (Wildman–Crippen LogP) is 19.8. The zero-order valence-corrected chi connectivity index (χ0v) is 38.2. The molecule has 70 heavy (non-hydrogen) atoms. The average molecular weight is 883 g/mol. The highest BCUT2D eigenvalue weighted by Crippen LogP contribution is 2.48. The van der Waals surface area contributed by atoms with Gasteiger partial charge >= 0.3 is 0 Å². The van der Waals surface area contributed by atoms with Crippen LogP contribution >= 0.6 is 0 Å². The van der Waals surface area contributed by atoms with Gasteiger partial charge in [-0.05, 0) is 183 Å². The summed E-state index contributed by atoms with van der Waals surface area (Å²) in [5.74, 6) is 0. The van der Waals surface area contributed by atoms with Crippen LogP contribution in [0.15, 0.2) is 255 Å². The second kappa shape index (κ2) is 15.2. The van der Waals surface area contributed by atoms with Gasteiger partial charge in [0.1, 0.15) is 0 Å². The zero-order valence-electron chi connectivity index (χ0n) is 38.2. The van der Waals surface area contributed by atoms with Gasteiger partial charge in [-0.1, -0.05) is 224 Å². The molecule has 15 aromatic carbocycles. The van der Waals surface area contributed by atoms with Crippen molar-refractivity contribution in [2.45, 2.75) is 0 Å². The molecular weight excluding hydrogens is 841 g/mol. The molecule has 0 aliphatic heterocycles. The van der Waals surface area contributed by atoms with Gasteiger partial charge in [-0.2, -0.15) is 0 Å². The van der Waals surface area contributed by atoms with Gasteiger partial charge in [-0.25, -0.2) is 0 Å². The van der Waals surface area contributed by atoms with E-state index in [0.717, 1.165) is 0 Å². The van der Waals surface area contributed by atoms with Crippen molar-refractivity contribution in [3.05, 3.63) is 255 Å². The Morgan fingerprint density at radius 2 is 0.571 bits per heavy atom. The topological polar surface area (TPSA) is 0 Å². The normalized spacial score (nSPS) is 12.0.